The summed E-state index contributed by atoms with van der Waals surface area (Å²) < 4.78 is 10.8. The van der Waals surface area contributed by atoms with Crippen LogP contribution in [-0.4, -0.2) is 49.7 Å². The third kappa shape index (κ3) is 4.26. The van der Waals surface area contributed by atoms with Gasteiger partial charge in [-0.1, -0.05) is 30.3 Å². The molecule has 0 aliphatic carbocycles. The molecule has 2 aliphatic heterocycles. The van der Waals surface area contributed by atoms with Crippen molar-refractivity contribution >= 4 is 11.9 Å². The molecule has 142 valence electrons. The second kappa shape index (κ2) is 8.67. The third-order valence-electron chi connectivity index (χ3n) is 5.75. The van der Waals surface area contributed by atoms with E-state index in [-0.39, 0.29) is 17.8 Å². The second-order valence-electron chi connectivity index (χ2n) is 7.37. The van der Waals surface area contributed by atoms with Crippen molar-refractivity contribution in [2.45, 2.75) is 39.0 Å². The van der Waals surface area contributed by atoms with Gasteiger partial charge in [0.2, 0.25) is 5.91 Å². The zero-order valence-corrected chi connectivity index (χ0v) is 15.6. The van der Waals surface area contributed by atoms with Crippen LogP contribution in [0.3, 0.4) is 0 Å². The summed E-state index contributed by atoms with van der Waals surface area (Å²) in [4.78, 5) is 27.3. The molecule has 2 heterocycles. The van der Waals surface area contributed by atoms with Gasteiger partial charge in [0.05, 0.1) is 24.5 Å². The number of likely N-dealkylation sites (tertiary alicyclic amines) is 1. The fourth-order valence-corrected chi connectivity index (χ4v) is 4.01. The van der Waals surface area contributed by atoms with Crippen LogP contribution in [0.25, 0.3) is 0 Å². The van der Waals surface area contributed by atoms with Gasteiger partial charge in [-0.3, -0.25) is 9.59 Å². The number of amides is 1. The van der Waals surface area contributed by atoms with E-state index < -0.39 is 5.41 Å². The molecule has 5 nitrogen and oxygen atoms in total. The lowest BCUT2D eigenvalue weighted by Crippen LogP contribution is -2.49. The molecule has 5 heteroatoms. The largest absolute Gasteiger partial charge is 0.466 e. The van der Waals surface area contributed by atoms with Crippen molar-refractivity contribution in [2.75, 3.05) is 32.9 Å². The predicted molar refractivity (Wildman–Crippen MR) is 98.6 cm³/mol. The van der Waals surface area contributed by atoms with Gasteiger partial charge in [0.1, 0.15) is 0 Å². The first-order chi connectivity index (χ1) is 12.6. The Morgan fingerprint density at radius 2 is 1.96 bits per heavy atom. The van der Waals surface area contributed by atoms with Gasteiger partial charge < -0.3 is 14.4 Å². The van der Waals surface area contributed by atoms with Crippen LogP contribution in [0.5, 0.6) is 0 Å². The molecular weight excluding hydrogens is 330 g/mol. The molecule has 1 atom stereocenters. The number of hydrogen-bond acceptors (Lipinski definition) is 4. The number of nitrogens with zero attached hydrogens (tertiary/aromatic N) is 1. The van der Waals surface area contributed by atoms with Crippen molar-refractivity contribution in [2.24, 2.45) is 11.3 Å². The molecule has 1 aromatic rings. The molecule has 2 aliphatic rings. The van der Waals surface area contributed by atoms with Crippen LogP contribution in [0.15, 0.2) is 30.3 Å². The Morgan fingerprint density at radius 3 is 2.58 bits per heavy atom. The molecule has 0 aromatic heterocycles. The lowest BCUT2D eigenvalue weighted by Gasteiger charge is -2.40. The number of esters is 1. The van der Waals surface area contributed by atoms with Crippen LogP contribution < -0.4 is 0 Å². The average molecular weight is 359 g/mol. The van der Waals surface area contributed by atoms with Gasteiger partial charge in [0.25, 0.3) is 0 Å². The lowest BCUT2D eigenvalue weighted by atomic mass is 9.74. The first kappa shape index (κ1) is 18.9. The monoisotopic (exact) mass is 359 g/mol. The molecule has 2 fully saturated rings. The molecule has 0 radical (unpaired) electrons. The van der Waals surface area contributed by atoms with Crippen LogP contribution in [0.2, 0.25) is 0 Å². The van der Waals surface area contributed by atoms with Crippen molar-refractivity contribution in [3.63, 3.8) is 0 Å². The van der Waals surface area contributed by atoms with Crippen molar-refractivity contribution in [1.82, 2.24) is 4.90 Å². The lowest BCUT2D eigenvalue weighted by molar-refractivity contribution is -0.161. The highest BCUT2D eigenvalue weighted by Crippen LogP contribution is 2.38. The molecule has 1 aromatic carbocycles. The van der Waals surface area contributed by atoms with Gasteiger partial charge in [-0.25, -0.2) is 0 Å². The minimum atomic E-state index is -0.477. The number of ether oxygens (including phenoxy) is 2. The van der Waals surface area contributed by atoms with Crippen molar-refractivity contribution < 1.29 is 19.1 Å². The number of hydrogen-bond donors (Lipinski definition) is 0. The van der Waals surface area contributed by atoms with Gasteiger partial charge in [0, 0.05) is 19.7 Å². The van der Waals surface area contributed by atoms with Crippen molar-refractivity contribution in [3.8, 4) is 0 Å². The van der Waals surface area contributed by atoms with E-state index in [0.29, 0.717) is 45.8 Å². The maximum Gasteiger partial charge on any atom is 0.312 e. The Bertz CT molecular complexity index is 602. The second-order valence-corrected chi connectivity index (χ2v) is 7.37. The Balaban J connectivity index is 1.64. The standard InChI is InChI=1S/C21H29NO4/c1-2-26-20(24)21(10-8-17-6-4-3-5-7-17)11-13-22(14-12-21)19(23)18-9-15-25-16-18/h3-7,18H,2,8-16H2,1H3/t18-/m1/s1. The fraction of sp³-hybridized carbons (Fsp3) is 0.619. The molecule has 1 amide bonds. The molecule has 2 saturated heterocycles. The van der Waals surface area contributed by atoms with Crippen LogP contribution in [0, 0.1) is 11.3 Å². The van der Waals surface area contributed by atoms with Crippen LogP contribution in [-0.2, 0) is 25.5 Å². The van der Waals surface area contributed by atoms with E-state index in [4.69, 9.17) is 9.47 Å². The van der Waals surface area contributed by atoms with E-state index in [2.05, 4.69) is 12.1 Å². The molecule has 0 bridgehead atoms. The van der Waals surface area contributed by atoms with Gasteiger partial charge in [-0.05, 0) is 44.6 Å². The number of carbonyl (C=O) groups excluding carboxylic acids is 2. The first-order valence-corrected chi connectivity index (χ1v) is 9.72. The number of benzene rings is 1. The van der Waals surface area contributed by atoms with E-state index in [1.807, 2.05) is 30.0 Å². The summed E-state index contributed by atoms with van der Waals surface area (Å²) in [7, 11) is 0. The van der Waals surface area contributed by atoms with Crippen LogP contribution in [0.1, 0.15) is 38.2 Å². The van der Waals surface area contributed by atoms with Crippen LogP contribution in [0.4, 0.5) is 0 Å². The summed E-state index contributed by atoms with van der Waals surface area (Å²) in [5.41, 5.74) is 0.757. The number of aryl methyl sites for hydroxylation is 1. The Kier molecular flexibility index (Phi) is 6.30. The average Bonchev–Trinajstić information content (AvgIpc) is 3.22. The molecular formula is C21H29NO4. The van der Waals surface area contributed by atoms with E-state index in [9.17, 15) is 9.59 Å². The smallest absolute Gasteiger partial charge is 0.312 e. The molecule has 0 saturated carbocycles. The SMILES string of the molecule is CCOC(=O)C1(CCc2ccccc2)CCN(C(=O)[C@@H]2CCOC2)CC1. The fourth-order valence-electron chi connectivity index (χ4n) is 4.01. The van der Waals surface area contributed by atoms with Crippen molar-refractivity contribution in [3.05, 3.63) is 35.9 Å². The number of rotatable bonds is 6. The minimum Gasteiger partial charge on any atom is -0.466 e. The molecule has 0 unspecified atom stereocenters. The zero-order valence-electron chi connectivity index (χ0n) is 15.6. The minimum absolute atomic E-state index is 0.00517. The Hall–Kier alpha value is -1.88. The summed E-state index contributed by atoms with van der Waals surface area (Å²) in [6.07, 6.45) is 3.79. The summed E-state index contributed by atoms with van der Waals surface area (Å²) in [5.74, 6) is 0.0738. The topological polar surface area (TPSA) is 55.8 Å². The zero-order chi connectivity index (χ0) is 18.4. The van der Waals surface area contributed by atoms with E-state index in [1.54, 1.807) is 0 Å². The van der Waals surface area contributed by atoms with Crippen molar-refractivity contribution in [1.29, 1.82) is 0 Å². The van der Waals surface area contributed by atoms with Gasteiger partial charge in [-0.2, -0.15) is 0 Å². The number of piperidine rings is 1. The van der Waals surface area contributed by atoms with Gasteiger partial charge >= 0.3 is 5.97 Å². The maximum absolute atomic E-state index is 12.7. The highest BCUT2D eigenvalue weighted by atomic mass is 16.5. The van der Waals surface area contributed by atoms with E-state index >= 15 is 0 Å². The van der Waals surface area contributed by atoms with E-state index in [1.165, 1.54) is 5.56 Å². The Labute approximate surface area is 155 Å². The van der Waals surface area contributed by atoms with E-state index in [0.717, 1.165) is 19.3 Å². The summed E-state index contributed by atoms with van der Waals surface area (Å²) in [6.45, 7) is 4.71. The quantitative estimate of drug-likeness (QED) is 0.733. The summed E-state index contributed by atoms with van der Waals surface area (Å²) in [5, 5.41) is 0. The molecule has 3 rings (SSSR count). The van der Waals surface area contributed by atoms with Gasteiger partial charge in [0.15, 0.2) is 0 Å². The Morgan fingerprint density at radius 1 is 1.23 bits per heavy atom. The molecule has 26 heavy (non-hydrogen) atoms. The normalized spacial score (nSPS) is 22.2. The van der Waals surface area contributed by atoms with Gasteiger partial charge in [-0.15, -0.1) is 0 Å². The maximum atomic E-state index is 12.7. The summed E-state index contributed by atoms with van der Waals surface area (Å²) >= 11 is 0. The summed E-state index contributed by atoms with van der Waals surface area (Å²) in [6, 6.07) is 10.2. The molecule has 0 N–H and O–H groups in total. The highest BCUT2D eigenvalue weighted by molar-refractivity contribution is 5.81. The molecule has 0 spiro atoms. The predicted octanol–water partition coefficient (Wildman–Crippen LogP) is 2.83. The van der Waals surface area contributed by atoms with Crippen LogP contribution >= 0.6 is 0 Å². The third-order valence-corrected chi connectivity index (χ3v) is 5.75. The first-order valence-electron chi connectivity index (χ1n) is 9.72. The number of carbonyl (C=O) groups is 2. The highest BCUT2D eigenvalue weighted by Gasteiger charge is 2.44.